The molecule has 0 aromatic heterocycles. The van der Waals surface area contributed by atoms with Gasteiger partial charge in [-0.05, 0) is 28.5 Å². The number of halogens is 1. The van der Waals surface area contributed by atoms with E-state index in [0.717, 1.165) is 27.9 Å². The van der Waals surface area contributed by atoms with E-state index in [4.69, 9.17) is 0 Å². The van der Waals surface area contributed by atoms with Gasteiger partial charge in [-0.3, -0.25) is 0 Å². The Morgan fingerprint density at radius 3 is 2.45 bits per heavy atom. The average Bonchev–Trinajstić information content (AvgIpc) is 2.43. The van der Waals surface area contributed by atoms with Crippen LogP contribution in [0.5, 0.6) is 0 Å². The fraction of sp³-hybridized carbons (Fsp3) is 0.143. The molecule has 0 radical (unpaired) electrons. The first-order valence-electron chi connectivity index (χ1n) is 5.73. The van der Waals surface area contributed by atoms with Gasteiger partial charge in [-0.15, -0.1) is 0 Å². The second-order valence-electron chi connectivity index (χ2n) is 4.15. The number of hydrogen-bond acceptors (Lipinski definition) is 4. The molecule has 0 fully saturated rings. The Balaban J connectivity index is 2.42. The minimum Gasteiger partial charge on any atom is -0.465 e. The maximum Gasteiger partial charge on any atom is 0.349 e. The van der Waals surface area contributed by atoms with Crippen LogP contribution < -0.4 is 0 Å². The molecular formula is C14H11BrO4S. The highest BCUT2D eigenvalue weighted by molar-refractivity contribution is 9.10. The van der Waals surface area contributed by atoms with Gasteiger partial charge in [0.05, 0.1) is 7.11 Å². The highest BCUT2D eigenvalue weighted by Gasteiger charge is 2.14. The Morgan fingerprint density at radius 1 is 1.15 bits per heavy atom. The number of rotatable bonds is 3. The van der Waals surface area contributed by atoms with Gasteiger partial charge in [0.15, 0.2) is 4.86 Å². The third-order valence-electron chi connectivity index (χ3n) is 2.85. The molecule has 0 N–H and O–H groups in total. The average molecular weight is 355 g/mol. The molecule has 0 aliphatic heterocycles. The molecule has 6 heteroatoms. The molecule has 2 aromatic carbocycles. The van der Waals surface area contributed by atoms with E-state index in [0.29, 0.717) is 0 Å². The zero-order chi connectivity index (χ0) is 14.7. The van der Waals surface area contributed by atoms with Crippen molar-refractivity contribution in [2.24, 2.45) is 0 Å². The number of hydrogen-bond donors (Lipinski definition) is 0. The zero-order valence-corrected chi connectivity index (χ0v) is 13.0. The van der Waals surface area contributed by atoms with Crippen LogP contribution in [0.2, 0.25) is 0 Å². The van der Waals surface area contributed by atoms with Crippen molar-refractivity contribution >= 4 is 47.8 Å². The number of carbonyl (C=O) groups is 1. The molecule has 0 unspecified atom stereocenters. The second-order valence-corrected chi connectivity index (χ2v) is 6.03. The molecule has 0 amide bonds. The monoisotopic (exact) mass is 354 g/mol. The van der Waals surface area contributed by atoms with E-state index in [2.05, 4.69) is 20.7 Å². The fourth-order valence-electron chi connectivity index (χ4n) is 1.87. The van der Waals surface area contributed by atoms with Gasteiger partial charge >= 0.3 is 5.97 Å². The molecule has 0 saturated carbocycles. The fourth-order valence-corrected chi connectivity index (χ4v) is 2.76. The first-order chi connectivity index (χ1) is 9.51. The van der Waals surface area contributed by atoms with E-state index in [1.165, 1.54) is 0 Å². The number of methoxy groups -OCH3 is 1. The number of carbonyl (C=O) groups excluding carboxylic acids is 1. The largest absolute Gasteiger partial charge is 0.465 e. The molecule has 0 atom stereocenters. The van der Waals surface area contributed by atoms with Gasteiger partial charge in [0.1, 0.15) is 0 Å². The molecule has 104 valence electrons. The van der Waals surface area contributed by atoms with Crippen molar-refractivity contribution in [1.82, 2.24) is 0 Å². The topological polar surface area (TPSA) is 60.4 Å². The van der Waals surface area contributed by atoms with E-state index in [1.54, 1.807) is 6.07 Å². The summed E-state index contributed by atoms with van der Waals surface area (Å²) in [6.07, 6.45) is 0.0226. The van der Waals surface area contributed by atoms with E-state index >= 15 is 0 Å². The van der Waals surface area contributed by atoms with Gasteiger partial charge in [0.2, 0.25) is 10.3 Å². The van der Waals surface area contributed by atoms with Crippen LogP contribution in [0.25, 0.3) is 10.8 Å². The lowest BCUT2D eigenvalue weighted by Gasteiger charge is -2.04. The first-order valence-corrected chi connectivity index (χ1v) is 7.59. The summed E-state index contributed by atoms with van der Waals surface area (Å²) in [4.78, 5) is 11.1. The van der Waals surface area contributed by atoms with Crippen molar-refractivity contribution in [3.05, 3.63) is 46.4 Å². The summed E-state index contributed by atoms with van der Waals surface area (Å²) in [5.74, 6) is -0.825. The number of ether oxygens (including phenoxy) is 1. The lowest BCUT2D eigenvalue weighted by molar-refractivity contribution is -0.132. The lowest BCUT2D eigenvalue weighted by Crippen LogP contribution is -2.19. The number of benzene rings is 2. The van der Waals surface area contributed by atoms with Gasteiger partial charge < -0.3 is 4.74 Å². The molecule has 4 nitrogen and oxygen atoms in total. The van der Waals surface area contributed by atoms with Crippen molar-refractivity contribution < 1.29 is 17.9 Å². The van der Waals surface area contributed by atoms with Gasteiger partial charge in [-0.25, -0.2) is 4.79 Å². The summed E-state index contributed by atoms with van der Waals surface area (Å²) in [6, 6.07) is 11.3. The molecule has 0 spiro atoms. The van der Waals surface area contributed by atoms with Crippen molar-refractivity contribution in [2.45, 2.75) is 6.42 Å². The molecule has 20 heavy (non-hydrogen) atoms. The Labute approximate surface area is 126 Å². The smallest absolute Gasteiger partial charge is 0.349 e. The molecule has 0 heterocycles. The Hall–Kier alpha value is -1.66. The standard InChI is InChI=1S/C14H11BrO4S/c1-19-14(16)13(20(17)18)7-9-2-3-11-8-12(15)5-4-10(11)6-9/h2-6,8H,7H2,1H3. The summed E-state index contributed by atoms with van der Waals surface area (Å²) in [5.41, 5.74) is 0.740. The summed E-state index contributed by atoms with van der Waals surface area (Å²) in [5, 5.41) is 2.01. The maximum absolute atomic E-state index is 11.4. The van der Waals surface area contributed by atoms with Crippen LogP contribution in [-0.2, 0) is 26.2 Å². The normalized spacial score (nSPS) is 10.3. The van der Waals surface area contributed by atoms with E-state index < -0.39 is 16.3 Å². The highest BCUT2D eigenvalue weighted by atomic mass is 79.9. The summed E-state index contributed by atoms with van der Waals surface area (Å²) < 4.78 is 27.6. The number of fused-ring (bicyclic) bond motifs is 1. The molecule has 0 aliphatic carbocycles. The van der Waals surface area contributed by atoms with Crippen LogP contribution in [0.1, 0.15) is 5.56 Å². The van der Waals surface area contributed by atoms with Gasteiger partial charge in [0.25, 0.3) is 0 Å². The summed E-state index contributed by atoms with van der Waals surface area (Å²) in [6.45, 7) is 0. The Morgan fingerprint density at radius 2 is 1.80 bits per heavy atom. The first kappa shape index (κ1) is 14.7. The minimum atomic E-state index is -2.59. The van der Waals surface area contributed by atoms with Crippen LogP contribution in [0.15, 0.2) is 40.9 Å². The molecular weight excluding hydrogens is 344 g/mol. The number of esters is 1. The summed E-state index contributed by atoms with van der Waals surface area (Å²) in [7, 11) is -1.43. The van der Waals surface area contributed by atoms with Crippen molar-refractivity contribution in [3.8, 4) is 0 Å². The third-order valence-corrected chi connectivity index (χ3v) is 4.05. The second kappa shape index (κ2) is 6.19. The third kappa shape index (κ3) is 3.26. The Kier molecular flexibility index (Phi) is 4.57. The van der Waals surface area contributed by atoms with Crippen LogP contribution in [0.4, 0.5) is 0 Å². The van der Waals surface area contributed by atoms with Crippen molar-refractivity contribution in [3.63, 3.8) is 0 Å². The minimum absolute atomic E-state index is 0.0226. The van der Waals surface area contributed by atoms with Gasteiger partial charge in [0, 0.05) is 10.9 Å². The van der Waals surface area contributed by atoms with Crippen LogP contribution in [0.3, 0.4) is 0 Å². The summed E-state index contributed by atoms with van der Waals surface area (Å²) >= 11 is 3.39. The van der Waals surface area contributed by atoms with Crippen molar-refractivity contribution in [1.29, 1.82) is 0 Å². The lowest BCUT2D eigenvalue weighted by atomic mass is 10.0. The van der Waals surface area contributed by atoms with Gasteiger partial charge in [-0.2, -0.15) is 8.42 Å². The molecule has 0 aliphatic rings. The predicted octanol–water partition coefficient (Wildman–Crippen LogP) is 2.37. The SMILES string of the molecule is COC(=O)C(Cc1ccc2cc(Br)ccc2c1)=S(=O)=O. The van der Waals surface area contributed by atoms with Crippen LogP contribution in [0, 0.1) is 0 Å². The zero-order valence-electron chi connectivity index (χ0n) is 10.6. The van der Waals surface area contributed by atoms with Crippen LogP contribution >= 0.6 is 15.9 Å². The highest BCUT2D eigenvalue weighted by Crippen LogP contribution is 2.21. The predicted molar refractivity (Wildman–Crippen MR) is 81.3 cm³/mol. The molecule has 0 bridgehead atoms. The van der Waals surface area contributed by atoms with E-state index in [9.17, 15) is 13.2 Å². The van der Waals surface area contributed by atoms with Crippen molar-refractivity contribution in [2.75, 3.05) is 7.11 Å². The van der Waals surface area contributed by atoms with E-state index in [-0.39, 0.29) is 11.3 Å². The molecule has 0 saturated heterocycles. The quantitative estimate of drug-likeness (QED) is 0.627. The van der Waals surface area contributed by atoms with E-state index in [1.807, 2.05) is 30.3 Å². The van der Waals surface area contributed by atoms with Gasteiger partial charge in [-0.1, -0.05) is 40.2 Å². The Bertz CT molecular complexity index is 801. The molecule has 2 aromatic rings. The molecule has 2 rings (SSSR count). The van der Waals surface area contributed by atoms with Crippen LogP contribution in [-0.4, -0.2) is 26.4 Å². The maximum atomic E-state index is 11.4.